The number of carbonyl (C=O) groups excluding carboxylic acids is 1. The molecule has 12 unspecified atom stereocenters. The highest BCUT2D eigenvalue weighted by molar-refractivity contribution is 5.76. The van der Waals surface area contributed by atoms with E-state index in [0.717, 1.165) is 103 Å². The molecule has 0 saturated carbocycles. The van der Waals surface area contributed by atoms with Gasteiger partial charge in [0, 0.05) is 6.42 Å². The number of rotatable bonds is 55. The van der Waals surface area contributed by atoms with Gasteiger partial charge in [-0.25, -0.2) is 0 Å². The van der Waals surface area contributed by atoms with E-state index in [-0.39, 0.29) is 18.9 Å². The third kappa shape index (κ3) is 40.9. The maximum absolute atomic E-state index is 13.3. The van der Waals surface area contributed by atoms with Crippen molar-refractivity contribution in [3.05, 3.63) is 109 Å². The average Bonchev–Trinajstić information content (AvgIpc) is 2.59. The van der Waals surface area contributed by atoms with Crippen molar-refractivity contribution in [1.29, 1.82) is 0 Å². The van der Waals surface area contributed by atoms with E-state index >= 15 is 0 Å². The predicted molar refractivity (Wildman–Crippen MR) is 355 cm³/mol. The Labute approximate surface area is 527 Å². The number of ether oxygens (including phenoxy) is 4. The van der Waals surface area contributed by atoms with Crippen LogP contribution < -0.4 is 5.32 Å². The van der Waals surface area contributed by atoms with Crippen LogP contribution in [0.1, 0.15) is 251 Å². The van der Waals surface area contributed by atoms with Crippen LogP contribution in [-0.4, -0.2) is 140 Å². The first-order chi connectivity index (χ1) is 42.6. The van der Waals surface area contributed by atoms with Crippen LogP contribution in [0, 0.1) is 0 Å². The van der Waals surface area contributed by atoms with Crippen LogP contribution in [0.5, 0.6) is 0 Å². The summed E-state index contributed by atoms with van der Waals surface area (Å²) >= 11 is 0. The third-order valence-corrected chi connectivity index (χ3v) is 16.2. The highest BCUT2D eigenvalue weighted by Gasteiger charge is 2.51. The number of aliphatic hydroxyl groups is 8. The first kappa shape index (κ1) is 79.7. The monoisotopic (exact) mass is 1220 g/mol. The summed E-state index contributed by atoms with van der Waals surface area (Å²) in [4.78, 5) is 13.3. The minimum Gasteiger partial charge on any atom is -0.394 e. The van der Waals surface area contributed by atoms with Gasteiger partial charge in [0.15, 0.2) is 12.6 Å². The summed E-state index contributed by atoms with van der Waals surface area (Å²) in [5.41, 5.74) is 0. The molecular weight excluding hydrogens is 1100 g/mol. The number of nitrogens with one attached hydrogen (secondary N) is 1. The molecule has 500 valence electrons. The molecule has 0 radical (unpaired) electrons. The smallest absolute Gasteiger partial charge is 0.220 e. The van der Waals surface area contributed by atoms with Crippen LogP contribution in [0.25, 0.3) is 0 Å². The Morgan fingerprint density at radius 2 is 0.793 bits per heavy atom. The molecule has 0 aromatic carbocycles. The quantitative estimate of drug-likeness (QED) is 0.0204. The van der Waals surface area contributed by atoms with E-state index < -0.39 is 86.8 Å². The minimum absolute atomic E-state index is 0.251. The van der Waals surface area contributed by atoms with Gasteiger partial charge in [0.1, 0.15) is 48.8 Å². The lowest BCUT2D eigenvalue weighted by Crippen LogP contribution is -2.65. The van der Waals surface area contributed by atoms with Crippen LogP contribution >= 0.6 is 0 Å². The number of allylic oxidation sites excluding steroid dienone is 17. The van der Waals surface area contributed by atoms with E-state index in [0.29, 0.717) is 6.42 Å². The summed E-state index contributed by atoms with van der Waals surface area (Å²) in [5, 5.41) is 87.4. The van der Waals surface area contributed by atoms with Crippen LogP contribution in [-0.2, 0) is 23.7 Å². The molecule has 1 amide bonds. The van der Waals surface area contributed by atoms with Crippen molar-refractivity contribution in [2.45, 2.75) is 325 Å². The van der Waals surface area contributed by atoms with E-state index in [1.165, 1.54) is 122 Å². The second-order valence-electron chi connectivity index (χ2n) is 23.9. The summed E-state index contributed by atoms with van der Waals surface area (Å²) in [6, 6.07) is -0.928. The topological polar surface area (TPSA) is 228 Å². The maximum Gasteiger partial charge on any atom is 0.220 e. The number of hydrogen-bond donors (Lipinski definition) is 9. The Balaban J connectivity index is 1.69. The summed E-state index contributed by atoms with van der Waals surface area (Å²) in [6.45, 7) is 2.69. The molecular formula is C73H125NO13. The van der Waals surface area contributed by atoms with Gasteiger partial charge in [0.05, 0.1) is 32.0 Å². The molecule has 0 bridgehead atoms. The van der Waals surface area contributed by atoms with Gasteiger partial charge in [0.25, 0.3) is 0 Å². The zero-order chi connectivity index (χ0) is 63.1. The van der Waals surface area contributed by atoms with Crippen LogP contribution in [0.2, 0.25) is 0 Å². The van der Waals surface area contributed by atoms with Crippen molar-refractivity contribution in [1.82, 2.24) is 5.32 Å². The molecule has 0 aliphatic carbocycles. The Kier molecular flexibility index (Phi) is 51.9. The third-order valence-electron chi connectivity index (χ3n) is 16.2. The fourth-order valence-electron chi connectivity index (χ4n) is 10.7. The van der Waals surface area contributed by atoms with Gasteiger partial charge in [-0.2, -0.15) is 0 Å². The van der Waals surface area contributed by atoms with Crippen molar-refractivity contribution in [3.63, 3.8) is 0 Å². The summed E-state index contributed by atoms with van der Waals surface area (Å²) in [5.74, 6) is -0.251. The lowest BCUT2D eigenvalue weighted by Gasteiger charge is -2.46. The molecule has 2 rings (SSSR count). The fraction of sp³-hybridized carbons (Fsp3) is 0.740. The Hall–Kier alpha value is -3.35. The number of amides is 1. The van der Waals surface area contributed by atoms with E-state index in [2.05, 4.69) is 116 Å². The van der Waals surface area contributed by atoms with Crippen molar-refractivity contribution >= 4 is 5.91 Å². The molecule has 2 saturated heterocycles. The molecule has 9 N–H and O–H groups in total. The molecule has 2 aliphatic rings. The first-order valence-corrected chi connectivity index (χ1v) is 34.6. The highest BCUT2D eigenvalue weighted by atomic mass is 16.7. The number of carbonyl (C=O) groups is 1. The fourth-order valence-corrected chi connectivity index (χ4v) is 10.7. The Bertz CT molecular complexity index is 1880. The van der Waals surface area contributed by atoms with Crippen molar-refractivity contribution in [3.8, 4) is 0 Å². The van der Waals surface area contributed by atoms with Crippen LogP contribution in [0.15, 0.2) is 109 Å². The number of hydrogen-bond acceptors (Lipinski definition) is 13. The highest BCUT2D eigenvalue weighted by Crippen LogP contribution is 2.30. The van der Waals surface area contributed by atoms with Gasteiger partial charge in [-0.1, -0.05) is 271 Å². The average molecular weight is 1220 g/mol. The molecule has 2 aliphatic heterocycles. The molecule has 0 spiro atoms. The summed E-state index contributed by atoms with van der Waals surface area (Å²) < 4.78 is 22.8. The predicted octanol–water partition coefficient (Wildman–Crippen LogP) is 14.0. The zero-order valence-corrected chi connectivity index (χ0v) is 54.2. The summed E-state index contributed by atoms with van der Waals surface area (Å²) in [6.07, 6.45) is 64.1. The molecule has 14 nitrogen and oxygen atoms in total. The molecule has 2 heterocycles. The van der Waals surface area contributed by atoms with Gasteiger partial charge in [-0.05, 0) is 83.5 Å². The Morgan fingerprint density at radius 1 is 0.425 bits per heavy atom. The summed E-state index contributed by atoms with van der Waals surface area (Å²) in [7, 11) is 0. The number of aliphatic hydroxyl groups excluding tert-OH is 8. The van der Waals surface area contributed by atoms with E-state index in [4.69, 9.17) is 18.9 Å². The lowest BCUT2D eigenvalue weighted by molar-refractivity contribution is -0.359. The molecule has 12 atom stereocenters. The van der Waals surface area contributed by atoms with Crippen molar-refractivity contribution in [2.24, 2.45) is 0 Å². The second-order valence-corrected chi connectivity index (χ2v) is 23.9. The van der Waals surface area contributed by atoms with E-state index in [9.17, 15) is 45.6 Å². The standard InChI is InChI=1S/C73H125NO13/c1-3-5-7-9-11-13-15-17-19-21-23-25-26-27-28-29-30-31-32-33-34-35-36-37-39-41-43-45-47-49-51-53-55-57-65(78)74-61(62(77)56-54-52-50-48-46-44-42-40-38-24-22-20-18-16-14-12-10-8-6-4-2)60-84-72-70(83)68(81)71(64(59-76)86-72)87-73-69(82)67(80)66(79)63(58-75)85-73/h5,7,11,13,17,19,23,25,27-28,30-31,33-34,36-37,54,56,61-64,66-73,75-77,79-83H,3-4,6,8-10,12,14-16,18,20-22,24,26,29,32,35,38-53,55,57-60H2,1-2H3,(H,74,78)/b7-5-,13-11-,19-17-,25-23-,28-27-,31-30-,34-33-,37-36-,56-54+. The van der Waals surface area contributed by atoms with Gasteiger partial charge < -0.3 is 65.1 Å². The van der Waals surface area contributed by atoms with Gasteiger partial charge in [0.2, 0.25) is 5.91 Å². The zero-order valence-electron chi connectivity index (χ0n) is 54.2. The largest absolute Gasteiger partial charge is 0.394 e. The lowest BCUT2D eigenvalue weighted by atomic mass is 9.97. The van der Waals surface area contributed by atoms with Gasteiger partial charge in [-0.15, -0.1) is 0 Å². The minimum atomic E-state index is -1.79. The van der Waals surface area contributed by atoms with Crippen molar-refractivity contribution in [2.75, 3.05) is 19.8 Å². The van der Waals surface area contributed by atoms with Gasteiger partial charge >= 0.3 is 0 Å². The van der Waals surface area contributed by atoms with Crippen LogP contribution in [0.4, 0.5) is 0 Å². The molecule has 87 heavy (non-hydrogen) atoms. The maximum atomic E-state index is 13.3. The molecule has 0 aromatic rings. The van der Waals surface area contributed by atoms with E-state index in [1.54, 1.807) is 6.08 Å². The second kappa shape index (κ2) is 56.6. The van der Waals surface area contributed by atoms with E-state index in [1.807, 2.05) is 6.08 Å². The molecule has 14 heteroatoms. The first-order valence-electron chi connectivity index (χ1n) is 34.6. The number of unbranched alkanes of at least 4 members (excludes halogenated alkanes) is 26. The SMILES string of the molecule is CC/C=C\C/C=C\C/C=C\C/C=C\C/C=C\C/C=C\C/C=C\C/C=C\CCCCCCCCCCC(=O)NC(COC1OC(CO)C(OC2OC(CO)C(O)C(O)C2O)C(O)C1O)C(O)/C=C/CCCCCCCCCCCCCCCCCCCC. The molecule has 0 aromatic heterocycles. The normalized spacial score (nSPS) is 24.0. The van der Waals surface area contributed by atoms with Gasteiger partial charge in [-0.3, -0.25) is 4.79 Å². The Morgan fingerprint density at radius 3 is 1.22 bits per heavy atom. The molecule has 2 fully saturated rings. The van der Waals surface area contributed by atoms with Crippen molar-refractivity contribution < 1.29 is 64.6 Å². The van der Waals surface area contributed by atoms with Crippen LogP contribution in [0.3, 0.4) is 0 Å².